The second-order valence-corrected chi connectivity index (χ2v) is 6.16. The topological polar surface area (TPSA) is 55.0 Å². The summed E-state index contributed by atoms with van der Waals surface area (Å²) in [5.74, 6) is 0.607. The first-order valence-corrected chi connectivity index (χ1v) is 8.12. The smallest absolute Gasteiger partial charge is 0.123 e. The lowest BCUT2D eigenvalue weighted by Gasteiger charge is -2.28. The summed E-state index contributed by atoms with van der Waals surface area (Å²) in [6, 6.07) is 6.29. The fourth-order valence-electron chi connectivity index (χ4n) is 3.10. The predicted octanol–water partition coefficient (Wildman–Crippen LogP) is 3.14. The summed E-state index contributed by atoms with van der Waals surface area (Å²) in [5.41, 5.74) is 10.6. The molecule has 116 valence electrons. The van der Waals surface area contributed by atoms with Gasteiger partial charge in [-0.3, -0.25) is 4.98 Å². The van der Waals surface area contributed by atoms with Gasteiger partial charge in [-0.1, -0.05) is 0 Å². The van der Waals surface area contributed by atoms with E-state index in [4.69, 9.17) is 5.73 Å². The second-order valence-electron chi connectivity index (χ2n) is 6.16. The van der Waals surface area contributed by atoms with Crippen molar-refractivity contribution in [2.45, 2.75) is 39.0 Å². The van der Waals surface area contributed by atoms with Gasteiger partial charge in [-0.05, 0) is 68.4 Å². The zero-order valence-electron chi connectivity index (χ0n) is 13.3. The number of anilines is 2. The maximum atomic E-state index is 5.82. The van der Waals surface area contributed by atoms with Gasteiger partial charge in [0.05, 0.1) is 11.9 Å². The van der Waals surface area contributed by atoms with Crippen LogP contribution in [-0.4, -0.2) is 23.1 Å². The number of nitrogens with two attached hydrogens (primary N) is 1. The number of aromatic nitrogens is 2. The van der Waals surface area contributed by atoms with Gasteiger partial charge in [0.15, 0.2) is 0 Å². The van der Waals surface area contributed by atoms with Crippen LogP contribution in [0.5, 0.6) is 0 Å². The monoisotopic (exact) mass is 296 g/mol. The highest BCUT2D eigenvalue weighted by Gasteiger charge is 2.11. The average Bonchev–Trinajstić information content (AvgIpc) is 2.53. The van der Waals surface area contributed by atoms with Crippen molar-refractivity contribution in [1.82, 2.24) is 9.97 Å². The fraction of sp³-hybridized carbons (Fsp3) is 0.444. The Balaban J connectivity index is 1.67. The molecule has 22 heavy (non-hydrogen) atoms. The van der Waals surface area contributed by atoms with Crippen molar-refractivity contribution >= 4 is 11.5 Å². The Labute approximate surface area is 132 Å². The third-order valence-electron chi connectivity index (χ3n) is 4.21. The van der Waals surface area contributed by atoms with Crippen molar-refractivity contribution in [3.05, 3.63) is 47.4 Å². The molecule has 0 bridgehead atoms. The van der Waals surface area contributed by atoms with Gasteiger partial charge in [-0.15, -0.1) is 0 Å². The first-order chi connectivity index (χ1) is 10.7. The van der Waals surface area contributed by atoms with Crippen LogP contribution in [-0.2, 0) is 12.8 Å². The Morgan fingerprint density at radius 3 is 2.64 bits per heavy atom. The Morgan fingerprint density at radius 2 is 1.86 bits per heavy atom. The molecule has 4 nitrogen and oxygen atoms in total. The fourth-order valence-corrected chi connectivity index (χ4v) is 3.10. The van der Waals surface area contributed by atoms with Crippen LogP contribution in [0.25, 0.3) is 0 Å². The van der Waals surface area contributed by atoms with E-state index in [2.05, 4.69) is 33.9 Å². The molecule has 0 atom stereocenters. The minimum Gasteiger partial charge on any atom is -0.384 e. The minimum atomic E-state index is 0.607. The van der Waals surface area contributed by atoms with Gasteiger partial charge in [0.25, 0.3) is 0 Å². The molecule has 2 N–H and O–H groups in total. The van der Waals surface area contributed by atoms with E-state index in [0.29, 0.717) is 5.82 Å². The van der Waals surface area contributed by atoms with Gasteiger partial charge in [-0.2, -0.15) is 0 Å². The largest absolute Gasteiger partial charge is 0.384 e. The molecule has 0 saturated carbocycles. The molecule has 3 heterocycles. The molecule has 0 spiro atoms. The quantitative estimate of drug-likeness (QED) is 0.941. The molecule has 2 aromatic heterocycles. The Morgan fingerprint density at radius 1 is 1.05 bits per heavy atom. The van der Waals surface area contributed by atoms with E-state index in [9.17, 15) is 0 Å². The molecule has 0 aromatic carbocycles. The predicted molar refractivity (Wildman–Crippen MR) is 91.1 cm³/mol. The number of nitrogens with zero attached hydrogens (tertiary/aromatic N) is 3. The minimum absolute atomic E-state index is 0.607. The summed E-state index contributed by atoms with van der Waals surface area (Å²) in [6.45, 7) is 4.36. The molecule has 2 aromatic rings. The van der Waals surface area contributed by atoms with Gasteiger partial charge >= 0.3 is 0 Å². The van der Waals surface area contributed by atoms with Gasteiger partial charge in [0.2, 0.25) is 0 Å². The zero-order chi connectivity index (χ0) is 15.4. The molecule has 1 saturated heterocycles. The zero-order valence-corrected chi connectivity index (χ0v) is 13.3. The van der Waals surface area contributed by atoms with Crippen LogP contribution in [0.4, 0.5) is 11.5 Å². The van der Waals surface area contributed by atoms with Gasteiger partial charge in [0.1, 0.15) is 5.82 Å². The lowest BCUT2D eigenvalue weighted by molar-refractivity contribution is 0.577. The molecule has 1 aliphatic heterocycles. The number of nitrogen functional groups attached to an aromatic ring is 1. The lowest BCUT2D eigenvalue weighted by atomic mass is 10.1. The molecule has 4 heteroatoms. The molecule has 0 amide bonds. The van der Waals surface area contributed by atoms with Crippen LogP contribution in [0.15, 0.2) is 30.6 Å². The third-order valence-corrected chi connectivity index (χ3v) is 4.21. The molecule has 1 fully saturated rings. The molecule has 3 rings (SSSR count). The number of piperidine rings is 1. The molecule has 0 aliphatic carbocycles. The van der Waals surface area contributed by atoms with Crippen LogP contribution in [0, 0.1) is 6.92 Å². The number of hydrogen-bond acceptors (Lipinski definition) is 4. The number of aryl methyl sites for hydroxylation is 3. The molecule has 1 aliphatic rings. The Hall–Kier alpha value is -2.10. The third kappa shape index (κ3) is 3.75. The Bertz CT molecular complexity index is 612. The molecular weight excluding hydrogens is 272 g/mol. The summed E-state index contributed by atoms with van der Waals surface area (Å²) in [4.78, 5) is 11.3. The van der Waals surface area contributed by atoms with Crippen molar-refractivity contribution in [2.24, 2.45) is 0 Å². The van der Waals surface area contributed by atoms with E-state index in [0.717, 1.165) is 31.6 Å². The van der Waals surface area contributed by atoms with Crippen LogP contribution in [0.2, 0.25) is 0 Å². The van der Waals surface area contributed by atoms with Crippen LogP contribution < -0.4 is 10.6 Å². The molecular formula is C18H24N4. The van der Waals surface area contributed by atoms with E-state index in [1.807, 2.05) is 18.5 Å². The van der Waals surface area contributed by atoms with Crippen LogP contribution >= 0.6 is 0 Å². The van der Waals surface area contributed by atoms with Crippen LogP contribution in [0.3, 0.4) is 0 Å². The van der Waals surface area contributed by atoms with Gasteiger partial charge < -0.3 is 10.6 Å². The highest BCUT2D eigenvalue weighted by molar-refractivity contribution is 5.46. The van der Waals surface area contributed by atoms with Crippen molar-refractivity contribution in [3.8, 4) is 0 Å². The van der Waals surface area contributed by atoms with Crippen molar-refractivity contribution in [1.29, 1.82) is 0 Å². The Kier molecular flexibility index (Phi) is 4.56. The summed E-state index contributed by atoms with van der Waals surface area (Å²) < 4.78 is 0. The number of hydrogen-bond donors (Lipinski definition) is 1. The van der Waals surface area contributed by atoms with E-state index in [1.165, 1.54) is 36.1 Å². The van der Waals surface area contributed by atoms with E-state index < -0.39 is 0 Å². The van der Waals surface area contributed by atoms with Gasteiger partial charge in [-0.25, -0.2) is 4.98 Å². The van der Waals surface area contributed by atoms with Crippen LogP contribution in [0.1, 0.15) is 36.1 Å². The summed E-state index contributed by atoms with van der Waals surface area (Å²) in [7, 11) is 0. The van der Waals surface area contributed by atoms with Crippen molar-refractivity contribution in [3.63, 3.8) is 0 Å². The lowest BCUT2D eigenvalue weighted by Crippen LogP contribution is -2.29. The molecule has 0 unspecified atom stereocenters. The van der Waals surface area contributed by atoms with Crippen molar-refractivity contribution in [2.75, 3.05) is 23.7 Å². The second kappa shape index (κ2) is 6.77. The number of pyridine rings is 2. The maximum absolute atomic E-state index is 5.82. The van der Waals surface area contributed by atoms with E-state index in [1.54, 1.807) is 0 Å². The summed E-state index contributed by atoms with van der Waals surface area (Å²) in [6.07, 6.45) is 9.73. The SMILES string of the molecule is Cc1cc(N)nc(CCc2cncc(N3CCCCC3)c2)c1. The van der Waals surface area contributed by atoms with E-state index >= 15 is 0 Å². The first-order valence-electron chi connectivity index (χ1n) is 8.12. The highest BCUT2D eigenvalue weighted by atomic mass is 15.1. The standard InChI is InChI=1S/C18H24N4/c1-14-9-16(21-18(19)10-14)6-5-15-11-17(13-20-12-15)22-7-3-2-4-8-22/h9-13H,2-8H2,1H3,(H2,19,21). The summed E-state index contributed by atoms with van der Waals surface area (Å²) >= 11 is 0. The highest BCUT2D eigenvalue weighted by Crippen LogP contribution is 2.20. The first kappa shape index (κ1) is 14.8. The average molecular weight is 296 g/mol. The summed E-state index contributed by atoms with van der Waals surface area (Å²) in [5, 5.41) is 0. The van der Waals surface area contributed by atoms with Crippen molar-refractivity contribution < 1.29 is 0 Å². The maximum Gasteiger partial charge on any atom is 0.123 e. The van der Waals surface area contributed by atoms with E-state index in [-0.39, 0.29) is 0 Å². The van der Waals surface area contributed by atoms with Gasteiger partial charge in [0, 0.05) is 25.0 Å². The number of rotatable bonds is 4. The normalized spacial score (nSPS) is 15.0. The molecule has 0 radical (unpaired) electrons.